The predicted octanol–water partition coefficient (Wildman–Crippen LogP) is -0.142. The molecule has 0 rings (SSSR count). The van der Waals surface area contributed by atoms with E-state index in [0.717, 1.165) is 12.8 Å². The molecule has 0 saturated carbocycles. The molecule has 0 saturated heterocycles. The summed E-state index contributed by atoms with van der Waals surface area (Å²) in [5.41, 5.74) is 5.30. The predicted molar refractivity (Wildman–Crippen MR) is 52.1 cm³/mol. The van der Waals surface area contributed by atoms with Gasteiger partial charge in [-0.05, 0) is 18.8 Å². The quantitative estimate of drug-likeness (QED) is 0.508. The molecule has 0 bridgehead atoms. The lowest BCUT2D eigenvalue weighted by molar-refractivity contribution is -0.123. The van der Waals surface area contributed by atoms with Crippen LogP contribution in [-0.4, -0.2) is 30.2 Å². The van der Waals surface area contributed by atoms with E-state index in [1.807, 2.05) is 0 Å². The topological polar surface area (TPSA) is 75.4 Å². The second-order valence-corrected chi connectivity index (χ2v) is 3.62. The Morgan fingerprint density at radius 2 is 2.15 bits per heavy atom. The number of amides is 1. The van der Waals surface area contributed by atoms with Gasteiger partial charge in [0.05, 0.1) is 6.61 Å². The minimum absolute atomic E-state index is 0.272. The second-order valence-electron chi connectivity index (χ2n) is 3.62. The number of carbonyl (C=O) groups excluding carboxylic acids is 1. The zero-order valence-corrected chi connectivity index (χ0v) is 8.42. The summed E-state index contributed by atoms with van der Waals surface area (Å²) in [5, 5.41) is 11.2. The van der Waals surface area contributed by atoms with Gasteiger partial charge in [0.1, 0.15) is 6.04 Å². The molecule has 1 unspecified atom stereocenters. The number of aliphatic hydroxyl groups is 1. The van der Waals surface area contributed by atoms with Crippen LogP contribution >= 0.6 is 0 Å². The molecule has 4 nitrogen and oxygen atoms in total. The molecule has 0 aliphatic carbocycles. The van der Waals surface area contributed by atoms with Crippen molar-refractivity contribution >= 4 is 5.91 Å². The first kappa shape index (κ1) is 12.4. The molecular weight excluding hydrogens is 168 g/mol. The van der Waals surface area contributed by atoms with E-state index in [4.69, 9.17) is 10.8 Å². The highest BCUT2D eigenvalue weighted by molar-refractivity contribution is 5.81. The molecule has 78 valence electrons. The Bertz CT molecular complexity index is 149. The van der Waals surface area contributed by atoms with Gasteiger partial charge in [-0.25, -0.2) is 0 Å². The van der Waals surface area contributed by atoms with Gasteiger partial charge < -0.3 is 16.2 Å². The standard InChI is InChI=1S/C9H20N2O2/c1-7(2)4-3-5-11-9(13)8(10)6-12/h7-8,12H,3-6,10H2,1-2H3,(H,11,13). The second kappa shape index (κ2) is 6.86. The summed E-state index contributed by atoms with van der Waals surface area (Å²) in [6.07, 6.45) is 2.05. The highest BCUT2D eigenvalue weighted by Gasteiger charge is 2.10. The maximum absolute atomic E-state index is 11.0. The number of hydrogen-bond acceptors (Lipinski definition) is 3. The van der Waals surface area contributed by atoms with Crippen molar-refractivity contribution < 1.29 is 9.90 Å². The van der Waals surface area contributed by atoms with Gasteiger partial charge in [0.25, 0.3) is 0 Å². The Hall–Kier alpha value is -0.610. The van der Waals surface area contributed by atoms with Crippen molar-refractivity contribution in [3.05, 3.63) is 0 Å². The van der Waals surface area contributed by atoms with Crippen molar-refractivity contribution in [3.8, 4) is 0 Å². The van der Waals surface area contributed by atoms with E-state index >= 15 is 0 Å². The molecule has 13 heavy (non-hydrogen) atoms. The molecule has 0 aromatic heterocycles. The minimum atomic E-state index is -0.779. The van der Waals surface area contributed by atoms with Crippen LogP contribution in [-0.2, 0) is 4.79 Å². The van der Waals surface area contributed by atoms with Crippen molar-refractivity contribution in [2.75, 3.05) is 13.2 Å². The Kier molecular flexibility index (Phi) is 6.54. The molecule has 0 spiro atoms. The van der Waals surface area contributed by atoms with Crippen LogP contribution in [0.5, 0.6) is 0 Å². The normalized spacial score (nSPS) is 13.0. The Morgan fingerprint density at radius 1 is 1.54 bits per heavy atom. The molecule has 1 atom stereocenters. The average Bonchev–Trinajstić information content (AvgIpc) is 2.10. The molecule has 0 radical (unpaired) electrons. The summed E-state index contributed by atoms with van der Waals surface area (Å²) >= 11 is 0. The van der Waals surface area contributed by atoms with Gasteiger partial charge in [-0.1, -0.05) is 13.8 Å². The summed E-state index contributed by atoms with van der Waals surface area (Å²) in [7, 11) is 0. The zero-order chi connectivity index (χ0) is 10.3. The van der Waals surface area contributed by atoms with Crippen LogP contribution in [0.2, 0.25) is 0 Å². The third kappa shape index (κ3) is 6.54. The van der Waals surface area contributed by atoms with Crippen LogP contribution in [0.15, 0.2) is 0 Å². The van der Waals surface area contributed by atoms with E-state index in [2.05, 4.69) is 19.2 Å². The van der Waals surface area contributed by atoms with E-state index < -0.39 is 6.04 Å². The summed E-state index contributed by atoms with van der Waals surface area (Å²) in [5.74, 6) is 0.384. The third-order valence-electron chi connectivity index (χ3n) is 1.79. The van der Waals surface area contributed by atoms with Crippen molar-refractivity contribution in [2.45, 2.75) is 32.7 Å². The van der Waals surface area contributed by atoms with Crippen molar-refractivity contribution in [3.63, 3.8) is 0 Å². The molecule has 0 aromatic carbocycles. The van der Waals surface area contributed by atoms with Crippen LogP contribution in [0.4, 0.5) is 0 Å². The first-order chi connectivity index (χ1) is 6.07. The fourth-order valence-corrected chi connectivity index (χ4v) is 0.936. The lowest BCUT2D eigenvalue weighted by Gasteiger charge is -2.09. The lowest BCUT2D eigenvalue weighted by Crippen LogP contribution is -2.43. The molecule has 0 fully saturated rings. The van der Waals surface area contributed by atoms with Crippen LogP contribution in [0.3, 0.4) is 0 Å². The maximum atomic E-state index is 11.0. The van der Waals surface area contributed by atoms with Crippen LogP contribution in [0, 0.1) is 5.92 Å². The van der Waals surface area contributed by atoms with E-state index in [1.165, 1.54) is 0 Å². The van der Waals surface area contributed by atoms with E-state index in [-0.39, 0.29) is 12.5 Å². The van der Waals surface area contributed by atoms with Gasteiger partial charge in [-0.2, -0.15) is 0 Å². The number of nitrogens with two attached hydrogens (primary N) is 1. The molecule has 0 aliphatic heterocycles. The van der Waals surface area contributed by atoms with Crippen LogP contribution in [0.1, 0.15) is 26.7 Å². The highest BCUT2D eigenvalue weighted by Crippen LogP contribution is 2.01. The minimum Gasteiger partial charge on any atom is -0.394 e. The van der Waals surface area contributed by atoms with Gasteiger partial charge in [-0.3, -0.25) is 4.79 Å². The van der Waals surface area contributed by atoms with E-state index in [9.17, 15) is 4.79 Å². The molecule has 0 heterocycles. The molecule has 1 amide bonds. The number of rotatable bonds is 6. The van der Waals surface area contributed by atoms with Gasteiger partial charge in [0, 0.05) is 6.54 Å². The van der Waals surface area contributed by atoms with Gasteiger partial charge in [0.15, 0.2) is 0 Å². The fourth-order valence-electron chi connectivity index (χ4n) is 0.936. The monoisotopic (exact) mass is 188 g/mol. The van der Waals surface area contributed by atoms with Crippen molar-refractivity contribution in [2.24, 2.45) is 11.7 Å². The Labute approximate surface area is 79.5 Å². The Balaban J connectivity index is 3.37. The molecule has 0 aromatic rings. The summed E-state index contributed by atoms with van der Waals surface area (Å²) < 4.78 is 0. The SMILES string of the molecule is CC(C)CCCNC(=O)C(N)CO. The Morgan fingerprint density at radius 3 is 2.62 bits per heavy atom. The first-order valence-electron chi connectivity index (χ1n) is 4.72. The third-order valence-corrected chi connectivity index (χ3v) is 1.79. The van der Waals surface area contributed by atoms with Gasteiger partial charge in [-0.15, -0.1) is 0 Å². The zero-order valence-electron chi connectivity index (χ0n) is 8.42. The molecule has 4 N–H and O–H groups in total. The number of aliphatic hydroxyl groups excluding tert-OH is 1. The van der Waals surface area contributed by atoms with Crippen LogP contribution < -0.4 is 11.1 Å². The van der Waals surface area contributed by atoms with E-state index in [1.54, 1.807) is 0 Å². The lowest BCUT2D eigenvalue weighted by atomic mass is 10.1. The van der Waals surface area contributed by atoms with E-state index in [0.29, 0.717) is 12.5 Å². The molecular formula is C9H20N2O2. The van der Waals surface area contributed by atoms with Crippen molar-refractivity contribution in [1.29, 1.82) is 0 Å². The number of hydrogen-bond donors (Lipinski definition) is 3. The van der Waals surface area contributed by atoms with Gasteiger partial charge in [0.2, 0.25) is 5.91 Å². The maximum Gasteiger partial charge on any atom is 0.239 e. The van der Waals surface area contributed by atoms with Crippen molar-refractivity contribution in [1.82, 2.24) is 5.32 Å². The summed E-state index contributed by atoms with van der Waals surface area (Å²) in [6.45, 7) is 4.63. The molecule has 4 heteroatoms. The first-order valence-corrected chi connectivity index (χ1v) is 4.72. The molecule has 0 aliphatic rings. The number of nitrogens with one attached hydrogen (secondary N) is 1. The largest absolute Gasteiger partial charge is 0.394 e. The highest BCUT2D eigenvalue weighted by atomic mass is 16.3. The number of carbonyl (C=O) groups is 1. The van der Waals surface area contributed by atoms with Crippen LogP contribution in [0.25, 0.3) is 0 Å². The summed E-state index contributed by atoms with van der Waals surface area (Å²) in [6, 6.07) is -0.779. The summed E-state index contributed by atoms with van der Waals surface area (Å²) in [4.78, 5) is 11.0. The van der Waals surface area contributed by atoms with Gasteiger partial charge >= 0.3 is 0 Å². The smallest absolute Gasteiger partial charge is 0.239 e. The fraction of sp³-hybridized carbons (Fsp3) is 0.889. The average molecular weight is 188 g/mol.